The van der Waals surface area contributed by atoms with Gasteiger partial charge in [0.2, 0.25) is 0 Å². The highest BCUT2D eigenvalue weighted by atomic mass is 79.9. The lowest BCUT2D eigenvalue weighted by atomic mass is 9.88. The fourth-order valence-corrected chi connectivity index (χ4v) is 7.35. The van der Waals surface area contributed by atoms with E-state index >= 15 is 0 Å². The molecule has 6 rings (SSSR count). The van der Waals surface area contributed by atoms with Gasteiger partial charge in [0.05, 0.1) is 17.1 Å². The maximum atomic E-state index is 13.7. The fourth-order valence-electron chi connectivity index (χ4n) is 5.83. The molecule has 3 aromatic carbocycles. The lowest BCUT2D eigenvalue weighted by Gasteiger charge is -2.22. The van der Waals surface area contributed by atoms with Gasteiger partial charge in [0.1, 0.15) is 18.2 Å². The molecule has 43 heavy (non-hydrogen) atoms. The van der Waals surface area contributed by atoms with Crippen molar-refractivity contribution in [2.75, 3.05) is 0 Å². The number of ether oxygens (including phenoxy) is 1. The predicted octanol–water partition coefficient (Wildman–Crippen LogP) is 9.60. The number of nitrogens with zero attached hydrogens (tertiary/aromatic N) is 4. The quantitative estimate of drug-likeness (QED) is 0.155. The number of hydrogen-bond acceptors (Lipinski definition) is 4. The first-order valence-corrected chi connectivity index (χ1v) is 16.8. The van der Waals surface area contributed by atoms with Crippen molar-refractivity contribution in [2.45, 2.75) is 58.5 Å². The van der Waals surface area contributed by atoms with Crippen molar-refractivity contribution in [1.82, 2.24) is 14.2 Å². The van der Waals surface area contributed by atoms with Gasteiger partial charge >= 0.3 is 0 Å². The molecular formula is C34H31Br3N4O2. The van der Waals surface area contributed by atoms with E-state index in [1.165, 1.54) is 11.1 Å². The van der Waals surface area contributed by atoms with E-state index in [1.807, 2.05) is 48.5 Å². The van der Waals surface area contributed by atoms with E-state index in [2.05, 4.69) is 84.4 Å². The highest BCUT2D eigenvalue weighted by Crippen LogP contribution is 2.32. The molecule has 9 heteroatoms. The molecule has 6 nitrogen and oxygen atoms in total. The average Bonchev–Trinajstić information content (AvgIpc) is 3.29. The number of hydrogen-bond donors (Lipinski definition) is 0. The van der Waals surface area contributed by atoms with Crippen LogP contribution in [0.4, 0.5) is 0 Å². The summed E-state index contributed by atoms with van der Waals surface area (Å²) in [6.07, 6.45) is 7.38. The van der Waals surface area contributed by atoms with Crippen LogP contribution in [0.2, 0.25) is 0 Å². The van der Waals surface area contributed by atoms with Gasteiger partial charge < -0.3 is 9.30 Å². The van der Waals surface area contributed by atoms with Crippen molar-refractivity contribution in [3.05, 3.63) is 119 Å². The molecule has 0 amide bonds. The Balaban J connectivity index is 1.28. The molecule has 2 aromatic heterocycles. The minimum atomic E-state index is -0.136. The van der Waals surface area contributed by atoms with Crippen LogP contribution in [0.3, 0.4) is 0 Å². The van der Waals surface area contributed by atoms with E-state index in [9.17, 15) is 4.79 Å². The van der Waals surface area contributed by atoms with E-state index in [1.54, 1.807) is 6.21 Å². The summed E-state index contributed by atoms with van der Waals surface area (Å²) in [5.74, 6) is 1.79. The predicted molar refractivity (Wildman–Crippen MR) is 184 cm³/mol. The summed E-state index contributed by atoms with van der Waals surface area (Å²) in [4.78, 5) is 18.7. The van der Waals surface area contributed by atoms with Gasteiger partial charge in [-0.1, -0.05) is 73.1 Å². The highest BCUT2D eigenvalue weighted by Gasteiger charge is 2.23. The van der Waals surface area contributed by atoms with Crippen molar-refractivity contribution in [3.8, 4) is 11.4 Å². The van der Waals surface area contributed by atoms with Crippen LogP contribution in [0.25, 0.3) is 16.6 Å². The molecule has 0 N–H and O–H groups in total. The Labute approximate surface area is 276 Å². The second kappa shape index (κ2) is 12.9. The Kier molecular flexibility index (Phi) is 9.03. The molecule has 2 heterocycles. The first-order valence-electron chi connectivity index (χ1n) is 14.4. The van der Waals surface area contributed by atoms with E-state index in [-0.39, 0.29) is 11.5 Å². The number of aryl methyl sites for hydroxylation is 1. The van der Waals surface area contributed by atoms with Crippen molar-refractivity contribution < 1.29 is 4.74 Å². The van der Waals surface area contributed by atoms with Gasteiger partial charge in [-0.3, -0.25) is 4.79 Å². The largest absolute Gasteiger partial charge is 0.489 e. The van der Waals surface area contributed by atoms with Gasteiger partial charge in [0.15, 0.2) is 0 Å². The Morgan fingerprint density at radius 1 is 0.930 bits per heavy atom. The summed E-state index contributed by atoms with van der Waals surface area (Å²) in [6.45, 7) is 4.62. The van der Waals surface area contributed by atoms with Crippen LogP contribution >= 0.6 is 47.8 Å². The molecule has 0 saturated heterocycles. The summed E-state index contributed by atoms with van der Waals surface area (Å²) in [7, 11) is 0. The molecule has 220 valence electrons. The number of fused-ring (bicyclic) bond motifs is 1. The first-order chi connectivity index (χ1) is 20.8. The van der Waals surface area contributed by atoms with Crippen LogP contribution < -0.4 is 10.3 Å². The number of aromatic nitrogens is 3. The molecule has 1 aliphatic carbocycles. The summed E-state index contributed by atoms with van der Waals surface area (Å²) in [5, 5.41) is 5.34. The number of halogens is 3. The van der Waals surface area contributed by atoms with Gasteiger partial charge in [0, 0.05) is 47.5 Å². The van der Waals surface area contributed by atoms with E-state index < -0.39 is 0 Å². The van der Waals surface area contributed by atoms with Crippen LogP contribution in [0.15, 0.2) is 90.0 Å². The second-order valence-corrected chi connectivity index (χ2v) is 13.7. The third-order valence-corrected chi connectivity index (χ3v) is 9.82. The van der Waals surface area contributed by atoms with Gasteiger partial charge in [-0.2, -0.15) is 9.78 Å². The van der Waals surface area contributed by atoms with E-state index in [0.29, 0.717) is 12.0 Å². The van der Waals surface area contributed by atoms with Gasteiger partial charge in [-0.25, -0.2) is 4.98 Å². The standard InChI is InChI=1S/C34H31Br3N4O2/c1-21-16-25(22(2)40(21)28-11-13-29(14-12-28)43-20-24-8-9-27(36)18-31(24)37)19-38-41-33(23-6-4-3-5-7-23)39-32-15-10-26(35)17-30(32)34(41)42/h8-19,23H,3-7,20H2,1-2H3. The summed E-state index contributed by atoms with van der Waals surface area (Å²) in [6, 6.07) is 21.9. The minimum Gasteiger partial charge on any atom is -0.489 e. The van der Waals surface area contributed by atoms with Crippen LogP contribution in [0.1, 0.15) is 66.4 Å². The van der Waals surface area contributed by atoms with Crippen molar-refractivity contribution in [3.63, 3.8) is 0 Å². The van der Waals surface area contributed by atoms with Gasteiger partial charge in [-0.15, -0.1) is 0 Å². The maximum absolute atomic E-state index is 13.7. The lowest BCUT2D eigenvalue weighted by molar-refractivity contribution is 0.305. The Bertz CT molecular complexity index is 1890. The average molecular weight is 767 g/mol. The van der Waals surface area contributed by atoms with Gasteiger partial charge in [-0.05, 0) is 87.4 Å². The maximum Gasteiger partial charge on any atom is 0.282 e. The molecule has 0 radical (unpaired) electrons. The highest BCUT2D eigenvalue weighted by molar-refractivity contribution is 9.11. The minimum absolute atomic E-state index is 0.136. The molecular weight excluding hydrogens is 736 g/mol. The van der Waals surface area contributed by atoms with Crippen LogP contribution in [-0.2, 0) is 6.61 Å². The third kappa shape index (κ3) is 6.44. The van der Waals surface area contributed by atoms with Crippen LogP contribution in [0, 0.1) is 13.8 Å². The van der Waals surface area contributed by atoms with Crippen LogP contribution in [0.5, 0.6) is 5.75 Å². The summed E-state index contributed by atoms with van der Waals surface area (Å²) >= 11 is 10.6. The Morgan fingerprint density at radius 3 is 2.40 bits per heavy atom. The monoisotopic (exact) mass is 764 g/mol. The number of rotatable bonds is 7. The normalized spacial score (nSPS) is 14.2. The van der Waals surface area contributed by atoms with E-state index in [0.717, 1.165) is 84.4 Å². The molecule has 0 bridgehead atoms. The molecule has 0 atom stereocenters. The smallest absolute Gasteiger partial charge is 0.282 e. The molecule has 1 saturated carbocycles. The Morgan fingerprint density at radius 2 is 1.65 bits per heavy atom. The number of benzene rings is 3. The molecule has 1 fully saturated rings. The zero-order chi connectivity index (χ0) is 30.1. The Hall–Kier alpha value is -3.01. The zero-order valence-corrected chi connectivity index (χ0v) is 28.7. The van der Waals surface area contributed by atoms with Crippen LogP contribution in [-0.4, -0.2) is 20.4 Å². The molecule has 0 unspecified atom stereocenters. The topological polar surface area (TPSA) is 61.4 Å². The van der Waals surface area contributed by atoms with E-state index in [4.69, 9.17) is 14.8 Å². The summed E-state index contributed by atoms with van der Waals surface area (Å²) in [5.41, 5.74) is 5.76. The summed E-state index contributed by atoms with van der Waals surface area (Å²) < 4.78 is 12.7. The molecule has 0 aliphatic heterocycles. The molecule has 1 aliphatic rings. The van der Waals surface area contributed by atoms with Crippen molar-refractivity contribution >= 4 is 64.9 Å². The fraction of sp³-hybridized carbons (Fsp3) is 0.265. The molecule has 0 spiro atoms. The third-order valence-electron chi connectivity index (χ3n) is 8.09. The zero-order valence-electron chi connectivity index (χ0n) is 24.0. The van der Waals surface area contributed by atoms with Crippen molar-refractivity contribution in [1.29, 1.82) is 0 Å². The lowest BCUT2D eigenvalue weighted by Crippen LogP contribution is -2.25. The SMILES string of the molecule is Cc1cc(C=Nn2c(C3CCCCC3)nc3ccc(Br)cc3c2=O)c(C)n1-c1ccc(OCc2ccc(Br)cc2Br)cc1. The second-order valence-electron chi connectivity index (χ2n) is 11.0. The first kappa shape index (κ1) is 30.0. The molecule has 5 aromatic rings. The van der Waals surface area contributed by atoms with Crippen molar-refractivity contribution in [2.24, 2.45) is 5.10 Å². The van der Waals surface area contributed by atoms with Gasteiger partial charge in [0.25, 0.3) is 5.56 Å².